The van der Waals surface area contributed by atoms with Crippen LogP contribution >= 0.6 is 22.9 Å². The number of fused-ring (bicyclic) bond motifs is 1. The van der Waals surface area contributed by atoms with Crippen molar-refractivity contribution in [2.24, 2.45) is 5.73 Å². The average molecular weight is 502 g/mol. The number of hydrogen-bond donors (Lipinski definition) is 2. The van der Waals surface area contributed by atoms with Gasteiger partial charge in [0, 0.05) is 24.4 Å². The number of hydrogen-bond acceptors (Lipinski definition) is 7. The molecular weight excluding hydrogens is 481 g/mol. The van der Waals surface area contributed by atoms with Gasteiger partial charge in [0.1, 0.15) is 16.8 Å². The molecule has 1 atom stereocenters. The summed E-state index contributed by atoms with van der Waals surface area (Å²) < 4.78 is 42.7. The molecule has 0 radical (unpaired) electrons. The number of aromatic nitrogens is 1. The lowest BCUT2D eigenvalue weighted by Gasteiger charge is -2.24. The molecule has 0 aliphatic carbocycles. The zero-order valence-corrected chi connectivity index (χ0v) is 19.5. The summed E-state index contributed by atoms with van der Waals surface area (Å²) in [6.07, 6.45) is 0.831. The van der Waals surface area contributed by atoms with E-state index >= 15 is 0 Å². The summed E-state index contributed by atoms with van der Waals surface area (Å²) in [5.74, 6) is -1.65. The maximum atomic E-state index is 14.3. The quantitative estimate of drug-likeness (QED) is 0.618. The number of anilines is 1. The van der Waals surface area contributed by atoms with Crippen LogP contribution in [0.2, 0.25) is 5.02 Å². The standard InChI is InChI=1S/C19H21ClFN5O4S2/c1-10-23-13-8-25(9-15(13)31-10)19(28)12(7-22)24-32(29,30)16-6-11(21)5-14(18(16)20)26-4-2-3-17(26)27/h5-6,12,24H,2-4,7-9,22H2,1H3/t12-/m0/s1. The van der Waals surface area contributed by atoms with E-state index in [4.69, 9.17) is 17.3 Å². The molecule has 1 aromatic carbocycles. The monoisotopic (exact) mass is 501 g/mol. The Bertz CT molecular complexity index is 1180. The number of sulfonamides is 1. The van der Waals surface area contributed by atoms with Crippen LogP contribution in [0.3, 0.4) is 0 Å². The lowest BCUT2D eigenvalue weighted by atomic mass is 10.3. The lowest BCUT2D eigenvalue weighted by molar-refractivity contribution is -0.133. The Balaban J connectivity index is 1.58. The van der Waals surface area contributed by atoms with Crippen LogP contribution in [-0.2, 0) is 32.7 Å². The fourth-order valence-corrected chi connectivity index (χ4v) is 6.62. The number of amides is 2. The second-order valence-electron chi connectivity index (χ2n) is 7.59. The third-order valence-electron chi connectivity index (χ3n) is 5.34. The smallest absolute Gasteiger partial charge is 0.243 e. The van der Waals surface area contributed by atoms with Gasteiger partial charge >= 0.3 is 0 Å². The van der Waals surface area contributed by atoms with Crippen molar-refractivity contribution in [3.8, 4) is 0 Å². The molecule has 0 saturated carbocycles. The number of nitrogens with one attached hydrogen (secondary N) is 1. The van der Waals surface area contributed by atoms with Gasteiger partial charge < -0.3 is 15.5 Å². The van der Waals surface area contributed by atoms with Crippen molar-refractivity contribution in [2.75, 3.05) is 18.0 Å². The van der Waals surface area contributed by atoms with Gasteiger partial charge in [-0.25, -0.2) is 17.8 Å². The van der Waals surface area contributed by atoms with Crippen molar-refractivity contribution in [1.82, 2.24) is 14.6 Å². The van der Waals surface area contributed by atoms with E-state index < -0.39 is 32.7 Å². The predicted molar refractivity (Wildman–Crippen MR) is 117 cm³/mol. The van der Waals surface area contributed by atoms with Gasteiger partial charge in [-0.3, -0.25) is 9.59 Å². The molecule has 2 aromatic rings. The van der Waals surface area contributed by atoms with E-state index in [1.165, 1.54) is 21.1 Å². The molecule has 0 unspecified atom stereocenters. The van der Waals surface area contributed by atoms with E-state index in [-0.39, 0.29) is 36.1 Å². The van der Waals surface area contributed by atoms with Crippen molar-refractivity contribution in [1.29, 1.82) is 0 Å². The zero-order valence-electron chi connectivity index (χ0n) is 17.1. The van der Waals surface area contributed by atoms with Crippen molar-refractivity contribution in [2.45, 2.75) is 43.8 Å². The van der Waals surface area contributed by atoms with Crippen LogP contribution in [0, 0.1) is 12.7 Å². The van der Waals surface area contributed by atoms with Gasteiger partial charge in [-0.1, -0.05) is 11.6 Å². The molecule has 1 fully saturated rings. The number of nitrogens with zero attached hydrogens (tertiary/aromatic N) is 3. The number of carbonyl (C=O) groups excluding carboxylic acids is 2. The molecule has 32 heavy (non-hydrogen) atoms. The molecule has 3 N–H and O–H groups in total. The number of rotatable bonds is 6. The van der Waals surface area contributed by atoms with Gasteiger partial charge in [-0.2, -0.15) is 4.72 Å². The SMILES string of the molecule is Cc1nc2c(s1)CN(C(=O)[C@H](CN)NS(=O)(=O)c1cc(F)cc(N3CCCC3=O)c1Cl)C2. The minimum absolute atomic E-state index is 0.0180. The maximum absolute atomic E-state index is 14.3. The molecule has 3 heterocycles. The molecule has 0 spiro atoms. The Hall–Kier alpha value is -2.12. The van der Waals surface area contributed by atoms with Crippen molar-refractivity contribution >= 4 is 50.5 Å². The minimum atomic E-state index is -4.43. The third kappa shape index (κ3) is 4.25. The van der Waals surface area contributed by atoms with Crippen LogP contribution in [0.5, 0.6) is 0 Å². The van der Waals surface area contributed by atoms with Crippen molar-refractivity contribution in [3.63, 3.8) is 0 Å². The minimum Gasteiger partial charge on any atom is -0.330 e. The fourth-order valence-electron chi connectivity index (χ4n) is 3.84. The molecule has 2 aliphatic heterocycles. The highest BCUT2D eigenvalue weighted by atomic mass is 35.5. The fraction of sp³-hybridized carbons (Fsp3) is 0.421. The van der Waals surface area contributed by atoms with Gasteiger partial charge in [0.15, 0.2) is 0 Å². The first-order valence-corrected chi connectivity index (χ1v) is 12.5. The molecular formula is C19H21ClFN5O4S2. The summed E-state index contributed by atoms with van der Waals surface area (Å²) in [6, 6.07) is 0.506. The largest absolute Gasteiger partial charge is 0.330 e. The summed E-state index contributed by atoms with van der Waals surface area (Å²) >= 11 is 7.77. The molecule has 172 valence electrons. The highest BCUT2D eigenvalue weighted by Gasteiger charge is 2.35. The first-order chi connectivity index (χ1) is 15.1. The predicted octanol–water partition coefficient (Wildman–Crippen LogP) is 1.52. The molecule has 4 rings (SSSR count). The molecule has 13 heteroatoms. The van der Waals surface area contributed by atoms with Crippen LogP contribution < -0.4 is 15.4 Å². The number of carbonyl (C=O) groups is 2. The highest BCUT2D eigenvalue weighted by Crippen LogP contribution is 2.36. The maximum Gasteiger partial charge on any atom is 0.243 e. The van der Waals surface area contributed by atoms with Crippen LogP contribution in [0.25, 0.3) is 0 Å². The second kappa shape index (κ2) is 8.67. The first-order valence-electron chi connectivity index (χ1n) is 9.86. The number of aryl methyl sites for hydroxylation is 1. The number of benzene rings is 1. The topological polar surface area (TPSA) is 126 Å². The van der Waals surface area contributed by atoms with Crippen LogP contribution in [-0.4, -0.2) is 49.2 Å². The second-order valence-corrected chi connectivity index (χ2v) is 10.9. The summed E-state index contributed by atoms with van der Waals surface area (Å²) in [6.45, 7) is 2.46. The van der Waals surface area contributed by atoms with Gasteiger partial charge in [0.2, 0.25) is 21.8 Å². The molecule has 0 bridgehead atoms. The molecule has 1 saturated heterocycles. The van der Waals surface area contributed by atoms with Gasteiger partial charge in [0.05, 0.1) is 34.5 Å². The molecule has 2 aliphatic rings. The van der Waals surface area contributed by atoms with E-state index in [9.17, 15) is 22.4 Å². The third-order valence-corrected chi connectivity index (χ3v) is 8.34. The van der Waals surface area contributed by atoms with E-state index in [1.807, 2.05) is 6.92 Å². The highest BCUT2D eigenvalue weighted by molar-refractivity contribution is 7.89. The number of nitrogens with two attached hydrogens (primary N) is 1. The Morgan fingerprint density at radius 3 is 2.78 bits per heavy atom. The Labute approximate surface area is 193 Å². The van der Waals surface area contributed by atoms with E-state index in [0.29, 0.717) is 19.5 Å². The van der Waals surface area contributed by atoms with E-state index in [1.54, 1.807) is 0 Å². The van der Waals surface area contributed by atoms with Crippen LogP contribution in [0.1, 0.15) is 28.4 Å². The van der Waals surface area contributed by atoms with Crippen molar-refractivity contribution < 1.29 is 22.4 Å². The van der Waals surface area contributed by atoms with Crippen molar-refractivity contribution in [3.05, 3.63) is 38.6 Å². The van der Waals surface area contributed by atoms with Gasteiger partial charge in [-0.05, 0) is 25.5 Å². The molecule has 1 aromatic heterocycles. The molecule has 2 amide bonds. The molecule has 9 nitrogen and oxygen atoms in total. The van der Waals surface area contributed by atoms with Crippen LogP contribution in [0.15, 0.2) is 17.0 Å². The Morgan fingerprint density at radius 1 is 1.41 bits per heavy atom. The average Bonchev–Trinajstić information content (AvgIpc) is 3.41. The van der Waals surface area contributed by atoms with E-state index in [2.05, 4.69) is 9.71 Å². The Morgan fingerprint density at radius 2 is 2.16 bits per heavy atom. The number of halogens is 2. The van der Waals surface area contributed by atoms with Gasteiger partial charge in [-0.15, -0.1) is 11.3 Å². The van der Waals surface area contributed by atoms with E-state index in [0.717, 1.165) is 27.7 Å². The number of thiazole rings is 1. The summed E-state index contributed by atoms with van der Waals surface area (Å²) in [5, 5.41) is 0.603. The Kier molecular flexibility index (Phi) is 6.25. The normalized spacial score (nSPS) is 17.2. The summed E-state index contributed by atoms with van der Waals surface area (Å²) in [5.41, 5.74) is 6.47. The first kappa shape index (κ1) is 23.1. The zero-order chi connectivity index (χ0) is 23.2. The lowest BCUT2D eigenvalue weighted by Crippen LogP contribution is -2.51. The summed E-state index contributed by atoms with van der Waals surface area (Å²) in [4.78, 5) is 32.5. The van der Waals surface area contributed by atoms with Gasteiger partial charge in [0.25, 0.3) is 0 Å². The summed E-state index contributed by atoms with van der Waals surface area (Å²) in [7, 11) is -4.43. The van der Waals surface area contributed by atoms with Crippen LogP contribution in [0.4, 0.5) is 10.1 Å².